The first-order valence-corrected chi connectivity index (χ1v) is 7.77. The molecular formula is C16H23N3O5. The zero-order valence-electron chi connectivity index (χ0n) is 13.5. The maximum Gasteiger partial charge on any atom is 0.404 e. The maximum atomic E-state index is 12.4. The highest BCUT2D eigenvalue weighted by Crippen LogP contribution is 2.22. The van der Waals surface area contributed by atoms with Gasteiger partial charge < -0.3 is 30.9 Å². The quantitative estimate of drug-likeness (QED) is 0.564. The standard InChI is InChI=1S/C16H23N3O5/c1-10(8-18-16(22)23)6-14(20)19-9-24-15(21)13(19)7-11-2-4-12(17)5-3-11/h2-5,10,13,15,18,21H,6-9,17H2,1H3,(H,22,23). The topological polar surface area (TPSA) is 125 Å². The summed E-state index contributed by atoms with van der Waals surface area (Å²) in [6, 6.07) is 6.76. The Morgan fingerprint density at radius 2 is 2.08 bits per heavy atom. The number of carbonyl (C=O) groups excluding carboxylic acids is 1. The summed E-state index contributed by atoms with van der Waals surface area (Å²) in [5, 5.41) is 20.9. The number of benzene rings is 1. The molecule has 0 radical (unpaired) electrons. The van der Waals surface area contributed by atoms with Gasteiger partial charge in [0.2, 0.25) is 5.91 Å². The summed E-state index contributed by atoms with van der Waals surface area (Å²) in [6.07, 6.45) is -1.53. The Bertz CT molecular complexity index is 578. The number of nitrogens with one attached hydrogen (secondary N) is 1. The zero-order chi connectivity index (χ0) is 17.7. The van der Waals surface area contributed by atoms with E-state index in [1.807, 2.05) is 12.1 Å². The van der Waals surface area contributed by atoms with Crippen LogP contribution in [0.3, 0.4) is 0 Å². The molecule has 0 saturated carbocycles. The van der Waals surface area contributed by atoms with Crippen molar-refractivity contribution in [3.05, 3.63) is 29.8 Å². The van der Waals surface area contributed by atoms with Crippen molar-refractivity contribution in [1.82, 2.24) is 10.2 Å². The Labute approximate surface area is 140 Å². The number of carboxylic acid groups (broad SMARTS) is 1. The highest BCUT2D eigenvalue weighted by Gasteiger charge is 2.37. The number of anilines is 1. The van der Waals surface area contributed by atoms with Crippen LogP contribution in [0.4, 0.5) is 10.5 Å². The van der Waals surface area contributed by atoms with E-state index in [2.05, 4.69) is 5.32 Å². The van der Waals surface area contributed by atoms with Gasteiger partial charge in [-0.2, -0.15) is 0 Å². The summed E-state index contributed by atoms with van der Waals surface area (Å²) in [5.41, 5.74) is 7.25. The monoisotopic (exact) mass is 337 g/mol. The molecule has 24 heavy (non-hydrogen) atoms. The third kappa shape index (κ3) is 4.84. The molecular weight excluding hydrogens is 314 g/mol. The minimum atomic E-state index is -1.12. The van der Waals surface area contributed by atoms with Crippen LogP contribution in [0, 0.1) is 5.92 Å². The lowest BCUT2D eigenvalue weighted by Crippen LogP contribution is -2.42. The molecule has 2 rings (SSSR count). The minimum absolute atomic E-state index is 0.0265. The number of amides is 2. The molecule has 3 atom stereocenters. The third-order valence-corrected chi connectivity index (χ3v) is 3.98. The molecule has 5 N–H and O–H groups in total. The molecule has 0 aliphatic carbocycles. The molecule has 1 aromatic carbocycles. The van der Waals surface area contributed by atoms with Crippen LogP contribution in [0.1, 0.15) is 18.9 Å². The third-order valence-electron chi connectivity index (χ3n) is 3.98. The van der Waals surface area contributed by atoms with Gasteiger partial charge in [0, 0.05) is 18.7 Å². The van der Waals surface area contributed by atoms with E-state index in [4.69, 9.17) is 15.6 Å². The highest BCUT2D eigenvalue weighted by atomic mass is 16.6. The minimum Gasteiger partial charge on any atom is -0.465 e. The first-order valence-electron chi connectivity index (χ1n) is 7.77. The number of carbonyl (C=O) groups is 2. The van der Waals surface area contributed by atoms with Gasteiger partial charge in [-0.15, -0.1) is 0 Å². The fraction of sp³-hybridized carbons (Fsp3) is 0.500. The molecule has 8 nitrogen and oxygen atoms in total. The van der Waals surface area contributed by atoms with Crippen molar-refractivity contribution in [1.29, 1.82) is 0 Å². The van der Waals surface area contributed by atoms with Crippen molar-refractivity contribution >= 4 is 17.7 Å². The molecule has 3 unspecified atom stereocenters. The van der Waals surface area contributed by atoms with Crippen LogP contribution in [0.2, 0.25) is 0 Å². The van der Waals surface area contributed by atoms with E-state index >= 15 is 0 Å². The highest BCUT2D eigenvalue weighted by molar-refractivity contribution is 5.77. The Morgan fingerprint density at radius 3 is 2.71 bits per heavy atom. The summed E-state index contributed by atoms with van der Waals surface area (Å²) in [6.45, 7) is 2.01. The van der Waals surface area contributed by atoms with E-state index in [-0.39, 0.29) is 31.5 Å². The van der Waals surface area contributed by atoms with Crippen molar-refractivity contribution < 1.29 is 24.5 Å². The van der Waals surface area contributed by atoms with Crippen molar-refractivity contribution in [2.45, 2.75) is 32.1 Å². The number of nitrogen functional groups attached to an aromatic ring is 1. The van der Waals surface area contributed by atoms with Gasteiger partial charge in [0.1, 0.15) is 6.73 Å². The summed E-state index contributed by atoms with van der Waals surface area (Å²) >= 11 is 0. The van der Waals surface area contributed by atoms with Crippen molar-refractivity contribution in [3.63, 3.8) is 0 Å². The number of hydrogen-bond donors (Lipinski definition) is 4. The van der Waals surface area contributed by atoms with Crippen LogP contribution in [0.5, 0.6) is 0 Å². The molecule has 1 aliphatic heterocycles. The van der Waals surface area contributed by atoms with E-state index in [0.717, 1.165) is 5.56 Å². The predicted octanol–water partition coefficient (Wildman–Crippen LogP) is 0.608. The lowest BCUT2D eigenvalue weighted by Gasteiger charge is -2.25. The molecule has 1 fully saturated rings. The van der Waals surface area contributed by atoms with Crippen LogP contribution in [-0.2, 0) is 16.0 Å². The molecule has 8 heteroatoms. The number of nitrogens with two attached hydrogens (primary N) is 1. The Balaban J connectivity index is 1.95. The Hall–Kier alpha value is -2.32. The molecule has 0 spiro atoms. The smallest absolute Gasteiger partial charge is 0.404 e. The number of nitrogens with zero attached hydrogens (tertiary/aromatic N) is 1. The van der Waals surface area contributed by atoms with Gasteiger partial charge in [0.05, 0.1) is 6.04 Å². The van der Waals surface area contributed by atoms with E-state index in [1.54, 1.807) is 19.1 Å². The van der Waals surface area contributed by atoms with E-state index in [0.29, 0.717) is 12.1 Å². The zero-order valence-corrected chi connectivity index (χ0v) is 13.5. The van der Waals surface area contributed by atoms with Gasteiger partial charge >= 0.3 is 6.09 Å². The first-order chi connectivity index (χ1) is 11.4. The molecule has 1 saturated heterocycles. The fourth-order valence-corrected chi connectivity index (χ4v) is 2.63. The fourth-order valence-electron chi connectivity index (χ4n) is 2.63. The number of rotatable bonds is 6. The molecule has 132 valence electrons. The number of hydrogen-bond acceptors (Lipinski definition) is 5. The van der Waals surface area contributed by atoms with Crippen molar-refractivity contribution in [2.75, 3.05) is 19.0 Å². The first kappa shape index (κ1) is 18.0. The lowest BCUT2D eigenvalue weighted by molar-refractivity contribution is -0.134. The van der Waals surface area contributed by atoms with Gasteiger partial charge in [-0.25, -0.2) is 4.79 Å². The summed E-state index contributed by atoms with van der Waals surface area (Å²) in [4.78, 5) is 24.4. The maximum absolute atomic E-state index is 12.4. The summed E-state index contributed by atoms with van der Waals surface area (Å²) < 4.78 is 5.20. The second kappa shape index (κ2) is 7.98. The second-order valence-electron chi connectivity index (χ2n) is 6.06. The van der Waals surface area contributed by atoms with E-state index in [1.165, 1.54) is 4.90 Å². The number of ether oxygens (including phenoxy) is 1. The molecule has 1 aromatic rings. The summed E-state index contributed by atoms with van der Waals surface area (Å²) in [7, 11) is 0. The predicted molar refractivity (Wildman–Crippen MR) is 87.0 cm³/mol. The van der Waals surface area contributed by atoms with Crippen LogP contribution < -0.4 is 11.1 Å². The van der Waals surface area contributed by atoms with Gasteiger partial charge in [-0.3, -0.25) is 4.79 Å². The largest absolute Gasteiger partial charge is 0.465 e. The van der Waals surface area contributed by atoms with Crippen LogP contribution in [0.15, 0.2) is 24.3 Å². The van der Waals surface area contributed by atoms with Crippen LogP contribution in [-0.4, -0.2) is 52.7 Å². The van der Waals surface area contributed by atoms with Crippen molar-refractivity contribution in [3.8, 4) is 0 Å². The average Bonchev–Trinajstić information content (AvgIpc) is 2.88. The van der Waals surface area contributed by atoms with E-state index in [9.17, 15) is 14.7 Å². The summed E-state index contributed by atoms with van der Waals surface area (Å²) in [5.74, 6) is -0.324. The Kier molecular flexibility index (Phi) is 5.99. The second-order valence-corrected chi connectivity index (χ2v) is 6.06. The van der Waals surface area contributed by atoms with Gasteiger partial charge in [0.15, 0.2) is 6.29 Å². The Morgan fingerprint density at radius 1 is 1.42 bits per heavy atom. The average molecular weight is 337 g/mol. The van der Waals surface area contributed by atoms with Crippen LogP contribution >= 0.6 is 0 Å². The molecule has 1 aliphatic rings. The number of aliphatic hydroxyl groups excluding tert-OH is 1. The van der Waals surface area contributed by atoms with Gasteiger partial charge in [0.25, 0.3) is 0 Å². The van der Waals surface area contributed by atoms with Gasteiger partial charge in [-0.05, 0) is 30.0 Å². The number of aliphatic hydroxyl groups is 1. The lowest BCUT2D eigenvalue weighted by atomic mass is 10.0. The van der Waals surface area contributed by atoms with Gasteiger partial charge in [-0.1, -0.05) is 19.1 Å². The van der Waals surface area contributed by atoms with Crippen LogP contribution in [0.25, 0.3) is 0 Å². The molecule has 0 bridgehead atoms. The molecule has 1 heterocycles. The SMILES string of the molecule is CC(CNC(=O)O)CC(=O)N1COC(O)C1Cc1ccc(N)cc1. The molecule has 2 amide bonds. The van der Waals surface area contributed by atoms with Crippen molar-refractivity contribution in [2.24, 2.45) is 5.92 Å². The normalized spacial score (nSPS) is 21.5. The van der Waals surface area contributed by atoms with E-state index < -0.39 is 18.4 Å². The molecule has 0 aromatic heterocycles.